The van der Waals surface area contributed by atoms with E-state index >= 15 is 0 Å². The van der Waals surface area contributed by atoms with Crippen molar-refractivity contribution in [2.75, 3.05) is 13.1 Å². The van der Waals surface area contributed by atoms with Crippen molar-refractivity contribution >= 4 is 0 Å². The topological polar surface area (TPSA) is 24.1 Å². The fraction of sp³-hybridized carbons (Fsp3) is 1.00. The zero-order chi connectivity index (χ0) is 13.5. The van der Waals surface area contributed by atoms with Crippen LogP contribution < -0.4 is 10.6 Å². The summed E-state index contributed by atoms with van der Waals surface area (Å²) in [5.74, 6) is 2.77. The molecule has 0 bridgehead atoms. The summed E-state index contributed by atoms with van der Waals surface area (Å²) < 4.78 is 0. The van der Waals surface area contributed by atoms with Crippen LogP contribution in [0, 0.1) is 17.8 Å². The molecule has 1 saturated heterocycles. The molecule has 0 radical (unpaired) electrons. The molecule has 1 aliphatic heterocycles. The van der Waals surface area contributed by atoms with Crippen molar-refractivity contribution in [1.29, 1.82) is 0 Å². The lowest BCUT2D eigenvalue weighted by atomic mass is 9.79. The Morgan fingerprint density at radius 1 is 0.842 bits per heavy atom. The van der Waals surface area contributed by atoms with Crippen LogP contribution in [0.15, 0.2) is 0 Å². The van der Waals surface area contributed by atoms with Gasteiger partial charge in [0.2, 0.25) is 0 Å². The average molecular weight is 266 g/mol. The van der Waals surface area contributed by atoms with Crippen LogP contribution in [0.25, 0.3) is 0 Å². The Morgan fingerprint density at radius 3 is 2.11 bits per heavy atom. The van der Waals surface area contributed by atoms with E-state index in [4.69, 9.17) is 0 Å². The number of hydrogen-bond donors (Lipinski definition) is 2. The van der Waals surface area contributed by atoms with Gasteiger partial charge in [-0.1, -0.05) is 52.4 Å². The van der Waals surface area contributed by atoms with Crippen molar-refractivity contribution in [1.82, 2.24) is 10.6 Å². The molecule has 0 aromatic rings. The summed E-state index contributed by atoms with van der Waals surface area (Å²) in [5, 5.41) is 7.58. The Balaban J connectivity index is 1.63. The van der Waals surface area contributed by atoms with E-state index in [1.165, 1.54) is 70.9 Å². The quantitative estimate of drug-likeness (QED) is 0.712. The number of rotatable bonds is 6. The summed E-state index contributed by atoms with van der Waals surface area (Å²) in [6.07, 6.45) is 13.4. The predicted octanol–water partition coefficient (Wildman–Crippen LogP) is 3.92. The summed E-state index contributed by atoms with van der Waals surface area (Å²) in [6.45, 7) is 7.13. The maximum atomic E-state index is 3.79. The molecule has 19 heavy (non-hydrogen) atoms. The van der Waals surface area contributed by atoms with E-state index < -0.39 is 0 Å². The van der Waals surface area contributed by atoms with Gasteiger partial charge in [-0.3, -0.25) is 0 Å². The van der Waals surface area contributed by atoms with Crippen LogP contribution in [0.1, 0.15) is 71.6 Å². The van der Waals surface area contributed by atoms with Crippen molar-refractivity contribution in [2.24, 2.45) is 17.8 Å². The second kappa shape index (κ2) is 8.26. The van der Waals surface area contributed by atoms with E-state index in [2.05, 4.69) is 24.5 Å². The van der Waals surface area contributed by atoms with Gasteiger partial charge in [-0.25, -0.2) is 0 Å². The van der Waals surface area contributed by atoms with E-state index in [0.717, 1.165) is 17.8 Å². The summed E-state index contributed by atoms with van der Waals surface area (Å²) in [7, 11) is 0. The van der Waals surface area contributed by atoms with E-state index in [0.29, 0.717) is 6.17 Å². The van der Waals surface area contributed by atoms with E-state index in [1.807, 2.05) is 0 Å². The lowest BCUT2D eigenvalue weighted by Crippen LogP contribution is -2.56. The molecule has 1 heterocycles. The van der Waals surface area contributed by atoms with Gasteiger partial charge < -0.3 is 10.6 Å². The molecule has 0 spiro atoms. The van der Waals surface area contributed by atoms with E-state index in [1.54, 1.807) is 0 Å². The predicted molar refractivity (Wildman–Crippen MR) is 83.2 cm³/mol. The fourth-order valence-electron chi connectivity index (χ4n) is 3.88. The lowest BCUT2D eigenvalue weighted by Gasteiger charge is -2.39. The summed E-state index contributed by atoms with van der Waals surface area (Å²) in [5.41, 5.74) is 0. The van der Waals surface area contributed by atoms with Crippen molar-refractivity contribution < 1.29 is 0 Å². The highest BCUT2D eigenvalue weighted by atomic mass is 15.2. The first-order valence-corrected chi connectivity index (χ1v) is 8.80. The normalized spacial score (nSPS) is 36.3. The van der Waals surface area contributed by atoms with Crippen LogP contribution in [-0.2, 0) is 0 Å². The Kier molecular flexibility index (Phi) is 6.66. The first-order valence-electron chi connectivity index (χ1n) is 8.80. The molecule has 2 heteroatoms. The van der Waals surface area contributed by atoms with Gasteiger partial charge >= 0.3 is 0 Å². The fourth-order valence-corrected chi connectivity index (χ4v) is 3.88. The summed E-state index contributed by atoms with van der Waals surface area (Å²) in [4.78, 5) is 0. The van der Waals surface area contributed by atoms with Gasteiger partial charge in [-0.15, -0.1) is 0 Å². The van der Waals surface area contributed by atoms with Crippen molar-refractivity contribution in [3.8, 4) is 0 Å². The van der Waals surface area contributed by atoms with Crippen molar-refractivity contribution in [3.05, 3.63) is 0 Å². The second-order valence-corrected chi connectivity index (χ2v) is 6.85. The van der Waals surface area contributed by atoms with E-state index in [9.17, 15) is 0 Å². The molecule has 0 amide bonds. The summed E-state index contributed by atoms with van der Waals surface area (Å²) in [6, 6.07) is 0. The van der Waals surface area contributed by atoms with Crippen LogP contribution in [0.5, 0.6) is 0 Å². The first kappa shape index (κ1) is 15.3. The molecule has 2 aliphatic rings. The molecule has 2 rings (SSSR count). The van der Waals surface area contributed by atoms with Gasteiger partial charge in [0, 0.05) is 13.1 Å². The van der Waals surface area contributed by atoms with Crippen LogP contribution >= 0.6 is 0 Å². The Labute approximate surface area is 120 Å². The molecule has 2 nitrogen and oxygen atoms in total. The number of nitrogens with one attached hydrogen (secondary N) is 2. The molecular weight excluding hydrogens is 232 g/mol. The maximum absolute atomic E-state index is 3.79. The van der Waals surface area contributed by atoms with Crippen LogP contribution in [0.4, 0.5) is 0 Å². The third-order valence-corrected chi connectivity index (χ3v) is 5.41. The van der Waals surface area contributed by atoms with Crippen molar-refractivity contribution in [3.63, 3.8) is 0 Å². The van der Waals surface area contributed by atoms with Crippen LogP contribution in [-0.4, -0.2) is 19.3 Å². The molecule has 2 fully saturated rings. The molecule has 0 unspecified atom stereocenters. The van der Waals surface area contributed by atoms with Gasteiger partial charge in [-0.2, -0.15) is 0 Å². The Bertz CT molecular complexity index is 225. The third kappa shape index (κ3) is 4.75. The first-order chi connectivity index (χ1) is 9.33. The molecule has 112 valence electrons. The minimum absolute atomic E-state index is 0.611. The van der Waals surface area contributed by atoms with Gasteiger partial charge in [-0.05, 0) is 37.0 Å². The van der Waals surface area contributed by atoms with Crippen LogP contribution in [0.3, 0.4) is 0 Å². The third-order valence-electron chi connectivity index (χ3n) is 5.41. The highest BCUT2D eigenvalue weighted by Crippen LogP contribution is 2.32. The average Bonchev–Trinajstić information content (AvgIpc) is 2.48. The largest absolute Gasteiger partial charge is 0.301 e. The summed E-state index contributed by atoms with van der Waals surface area (Å²) >= 11 is 0. The maximum Gasteiger partial charge on any atom is 0.0600 e. The molecule has 0 aromatic carbocycles. The molecule has 1 saturated carbocycles. The van der Waals surface area contributed by atoms with Gasteiger partial charge in [0.05, 0.1) is 6.17 Å². The molecular formula is C17H34N2. The van der Waals surface area contributed by atoms with E-state index in [-0.39, 0.29) is 0 Å². The second-order valence-electron chi connectivity index (χ2n) is 6.85. The monoisotopic (exact) mass is 266 g/mol. The molecule has 0 atom stereocenters. The lowest BCUT2D eigenvalue weighted by molar-refractivity contribution is 0.160. The van der Waals surface area contributed by atoms with Gasteiger partial charge in [0.15, 0.2) is 0 Å². The Hall–Kier alpha value is -0.0800. The van der Waals surface area contributed by atoms with Gasteiger partial charge in [0.25, 0.3) is 0 Å². The zero-order valence-corrected chi connectivity index (χ0v) is 13.1. The number of unbranched alkanes of at least 4 members (excludes halogenated alkanes) is 2. The molecule has 2 N–H and O–H groups in total. The smallest absolute Gasteiger partial charge is 0.0600 e. The minimum Gasteiger partial charge on any atom is -0.301 e. The highest BCUT2D eigenvalue weighted by molar-refractivity contribution is 4.85. The highest BCUT2D eigenvalue weighted by Gasteiger charge is 2.29. The van der Waals surface area contributed by atoms with Crippen molar-refractivity contribution in [2.45, 2.75) is 77.8 Å². The van der Waals surface area contributed by atoms with Gasteiger partial charge in [0.1, 0.15) is 0 Å². The Morgan fingerprint density at radius 2 is 1.53 bits per heavy atom. The van der Waals surface area contributed by atoms with Crippen LogP contribution in [0.2, 0.25) is 0 Å². The SMILES string of the molecule is CCCCCC1CNC(C2CCC(CC)CC2)NC1. The standard InChI is InChI=1S/C17H34N2/c1-3-5-6-7-15-12-18-17(19-13-15)16-10-8-14(4-2)9-11-16/h14-19H,3-13H2,1-2H3. The number of hydrogen-bond acceptors (Lipinski definition) is 2. The molecule has 1 aliphatic carbocycles. The zero-order valence-electron chi connectivity index (χ0n) is 13.1. The minimum atomic E-state index is 0.611. The molecule has 0 aromatic heterocycles.